The Morgan fingerprint density at radius 3 is 1.42 bits per heavy atom. The molecule has 8 heterocycles. The topological polar surface area (TPSA) is 181 Å². The summed E-state index contributed by atoms with van der Waals surface area (Å²) in [6.45, 7) is 18.3. The fourth-order valence-corrected chi connectivity index (χ4v) is 7.89. The molecule has 6 aliphatic heterocycles. The van der Waals surface area contributed by atoms with Crippen molar-refractivity contribution in [3.8, 4) is 0 Å². The van der Waals surface area contributed by atoms with Gasteiger partial charge in [-0.3, -0.25) is 0 Å². The van der Waals surface area contributed by atoms with Crippen LogP contribution in [-0.4, -0.2) is 141 Å². The van der Waals surface area contributed by atoms with E-state index in [1.165, 1.54) is 0 Å². The molecular formula is C34H52N6O13. The van der Waals surface area contributed by atoms with Crippen molar-refractivity contribution in [1.82, 2.24) is 30.0 Å². The SMILES string of the molecule is CC1(C)OC[C@@H]2OC3(Cn4cc(COCCOCCOCc5cn(CC67O[C@H]8COC(C)(C)O[C@@H]8[C@H]6OC(C)(C)O7)nn5)nn4)OC(C)(C)O[C@@H]3[C@H]2O1. The third-order valence-electron chi connectivity index (χ3n) is 9.77. The molecule has 296 valence electrons. The highest BCUT2D eigenvalue weighted by molar-refractivity contribution is 5.07. The summed E-state index contributed by atoms with van der Waals surface area (Å²) >= 11 is 0. The van der Waals surface area contributed by atoms with E-state index in [1.807, 2.05) is 67.8 Å². The largest absolute Gasteiger partial charge is 0.377 e. The zero-order valence-electron chi connectivity index (χ0n) is 31.7. The molecule has 8 atom stereocenters. The second-order valence-corrected chi connectivity index (χ2v) is 16.1. The van der Waals surface area contributed by atoms with Gasteiger partial charge in [-0.15, -0.1) is 10.2 Å². The van der Waals surface area contributed by atoms with Gasteiger partial charge in [0, 0.05) is 0 Å². The summed E-state index contributed by atoms with van der Waals surface area (Å²) in [5.74, 6) is -5.36. The smallest absolute Gasteiger partial charge is 0.221 e. The number of hydrogen-bond donors (Lipinski definition) is 0. The predicted molar refractivity (Wildman–Crippen MR) is 175 cm³/mol. The molecule has 0 radical (unpaired) electrons. The first kappa shape index (κ1) is 37.7. The first-order chi connectivity index (χ1) is 25.0. The molecule has 0 N–H and O–H groups in total. The average molecular weight is 753 g/mol. The second-order valence-electron chi connectivity index (χ2n) is 16.1. The second kappa shape index (κ2) is 13.7. The van der Waals surface area contributed by atoms with Crippen molar-refractivity contribution in [3.63, 3.8) is 0 Å². The first-order valence-electron chi connectivity index (χ1n) is 18.3. The summed E-state index contributed by atoms with van der Waals surface area (Å²) < 4.78 is 82.5. The van der Waals surface area contributed by atoms with Gasteiger partial charge < -0.3 is 61.6 Å². The zero-order valence-corrected chi connectivity index (χ0v) is 31.7. The van der Waals surface area contributed by atoms with Gasteiger partial charge in [-0.25, -0.2) is 9.36 Å². The molecule has 6 fully saturated rings. The van der Waals surface area contributed by atoms with Crippen LogP contribution < -0.4 is 0 Å². The van der Waals surface area contributed by atoms with Gasteiger partial charge in [-0.05, 0) is 55.4 Å². The molecule has 19 nitrogen and oxygen atoms in total. The van der Waals surface area contributed by atoms with E-state index in [0.717, 1.165) is 0 Å². The van der Waals surface area contributed by atoms with Gasteiger partial charge in [0.05, 0.1) is 78.3 Å². The lowest BCUT2D eigenvalue weighted by molar-refractivity contribution is -0.329. The number of rotatable bonds is 14. The van der Waals surface area contributed by atoms with Crippen molar-refractivity contribution >= 4 is 0 Å². The van der Waals surface area contributed by atoms with Crippen LogP contribution in [0.3, 0.4) is 0 Å². The molecule has 0 spiro atoms. The van der Waals surface area contributed by atoms with Crippen LogP contribution in [0, 0.1) is 0 Å². The zero-order chi connectivity index (χ0) is 37.3. The van der Waals surface area contributed by atoms with E-state index >= 15 is 0 Å². The fourth-order valence-electron chi connectivity index (χ4n) is 7.89. The maximum Gasteiger partial charge on any atom is 0.221 e. The van der Waals surface area contributed by atoms with Crippen molar-refractivity contribution in [2.24, 2.45) is 0 Å². The molecule has 0 aliphatic carbocycles. The van der Waals surface area contributed by atoms with E-state index in [-0.39, 0.29) is 50.7 Å². The Hall–Kier alpha value is -2.24. The van der Waals surface area contributed by atoms with Crippen LogP contribution in [0.5, 0.6) is 0 Å². The summed E-state index contributed by atoms with van der Waals surface area (Å²) in [6.07, 6.45) is 1.41. The molecule has 2 unspecified atom stereocenters. The molecule has 0 bridgehead atoms. The quantitative estimate of drug-likeness (QED) is 0.253. The van der Waals surface area contributed by atoms with Crippen LogP contribution in [-0.2, 0) is 87.9 Å². The molecule has 0 saturated carbocycles. The number of hydrogen-bond acceptors (Lipinski definition) is 17. The van der Waals surface area contributed by atoms with Gasteiger partial charge in [0.2, 0.25) is 11.6 Å². The Morgan fingerprint density at radius 2 is 0.981 bits per heavy atom. The van der Waals surface area contributed by atoms with Crippen LogP contribution in [0.2, 0.25) is 0 Å². The van der Waals surface area contributed by atoms with E-state index in [9.17, 15) is 0 Å². The monoisotopic (exact) mass is 752 g/mol. The maximum absolute atomic E-state index is 6.39. The highest BCUT2D eigenvalue weighted by atomic mass is 16.9. The predicted octanol–water partition coefficient (Wildman–Crippen LogP) is 1.42. The standard InChI is InChI=1S/C34H52N6O13/c1-29(2)44-17-23-25(48-29)27-33(46-23,52-31(5,6)50-27)19-39-13-21(35-37-39)15-42-11-9-41-10-12-43-16-22-14-40(38-36-22)20-34-28(51-32(7,8)53-34)26-24(47-34)18-45-30(3,4)49-26/h13-14,23-28H,9-12,15-20H2,1-8H3/t23-,24-,25-,26-,27+,28+,33?,34?/m0/s1. The van der Waals surface area contributed by atoms with Crippen LogP contribution >= 0.6 is 0 Å². The van der Waals surface area contributed by atoms with Gasteiger partial charge in [0.15, 0.2) is 23.1 Å². The Bertz CT molecular complexity index is 1490. The van der Waals surface area contributed by atoms with Crippen molar-refractivity contribution in [1.29, 1.82) is 0 Å². The van der Waals surface area contributed by atoms with E-state index in [2.05, 4.69) is 20.6 Å². The molecule has 19 heteroatoms. The van der Waals surface area contributed by atoms with E-state index < -0.39 is 46.9 Å². The molecular weight excluding hydrogens is 700 g/mol. The summed E-state index contributed by atoms with van der Waals surface area (Å²) in [4.78, 5) is 0. The minimum Gasteiger partial charge on any atom is -0.377 e. The molecule has 2 aromatic rings. The lowest BCUT2D eigenvalue weighted by Crippen LogP contribution is -2.51. The highest BCUT2D eigenvalue weighted by Gasteiger charge is 2.69. The van der Waals surface area contributed by atoms with Crippen molar-refractivity contribution in [2.75, 3.05) is 39.6 Å². The summed E-state index contributed by atoms with van der Waals surface area (Å²) in [7, 11) is 0. The molecule has 6 saturated heterocycles. The number of nitrogens with zero attached hydrogens (tertiary/aromatic N) is 6. The van der Waals surface area contributed by atoms with E-state index in [1.54, 1.807) is 9.36 Å². The molecule has 8 rings (SSSR count). The van der Waals surface area contributed by atoms with Gasteiger partial charge >= 0.3 is 0 Å². The van der Waals surface area contributed by atoms with Gasteiger partial charge in [-0.2, -0.15) is 0 Å². The van der Waals surface area contributed by atoms with Gasteiger partial charge in [0.25, 0.3) is 0 Å². The lowest BCUT2D eigenvalue weighted by Gasteiger charge is -2.38. The maximum atomic E-state index is 6.39. The van der Waals surface area contributed by atoms with Crippen LogP contribution in [0.1, 0.15) is 66.8 Å². The third-order valence-corrected chi connectivity index (χ3v) is 9.77. The average Bonchev–Trinajstić information content (AvgIpc) is 3.88. The van der Waals surface area contributed by atoms with Crippen LogP contribution in [0.4, 0.5) is 0 Å². The van der Waals surface area contributed by atoms with Crippen molar-refractivity contribution < 1.29 is 61.6 Å². The summed E-state index contributed by atoms with van der Waals surface area (Å²) in [5.41, 5.74) is 1.33. The fraction of sp³-hybridized carbons (Fsp3) is 0.882. The third kappa shape index (κ3) is 7.91. The van der Waals surface area contributed by atoms with Crippen molar-refractivity contribution in [3.05, 3.63) is 23.8 Å². The Morgan fingerprint density at radius 1 is 0.566 bits per heavy atom. The molecule has 2 aromatic heterocycles. The van der Waals surface area contributed by atoms with Crippen molar-refractivity contribution in [2.45, 2.75) is 153 Å². The molecule has 0 amide bonds. The number of aromatic nitrogens is 6. The summed E-state index contributed by atoms with van der Waals surface area (Å²) in [6, 6.07) is 0. The Balaban J connectivity index is 0.732. The molecule has 6 aliphatic rings. The first-order valence-corrected chi connectivity index (χ1v) is 18.3. The lowest BCUT2D eigenvalue weighted by atomic mass is 10.0. The molecule has 0 aromatic carbocycles. The Kier molecular flexibility index (Phi) is 9.77. The number of fused-ring (bicyclic) bond motifs is 6. The van der Waals surface area contributed by atoms with E-state index in [0.29, 0.717) is 51.0 Å². The van der Waals surface area contributed by atoms with E-state index in [4.69, 9.17) is 61.6 Å². The Labute approximate surface area is 307 Å². The number of ether oxygens (including phenoxy) is 13. The van der Waals surface area contributed by atoms with Crippen LogP contribution in [0.25, 0.3) is 0 Å². The minimum atomic E-state index is -1.09. The summed E-state index contributed by atoms with van der Waals surface area (Å²) in [5, 5.41) is 17.1. The normalized spacial score (nSPS) is 37.4. The minimum absolute atomic E-state index is 0.270. The van der Waals surface area contributed by atoms with Gasteiger partial charge in [-0.1, -0.05) is 10.4 Å². The van der Waals surface area contributed by atoms with Gasteiger partial charge in [0.1, 0.15) is 48.0 Å². The van der Waals surface area contributed by atoms with Crippen LogP contribution in [0.15, 0.2) is 12.4 Å². The molecule has 53 heavy (non-hydrogen) atoms. The highest BCUT2D eigenvalue weighted by Crippen LogP contribution is 2.51.